The minimum atomic E-state index is -0.296. The van der Waals surface area contributed by atoms with Crippen LogP contribution in [0.3, 0.4) is 0 Å². The number of nitrogens with zero attached hydrogens (tertiary/aromatic N) is 3. The topological polar surface area (TPSA) is 118 Å². The lowest BCUT2D eigenvalue weighted by atomic mass is 10.0. The van der Waals surface area contributed by atoms with Crippen LogP contribution in [0.4, 0.5) is 10.2 Å². The standard InChI is InChI=1S/C20H19FN6O2/c1-23-17(10-27-22)14-8-26-20(15-9-24-19(28)6-12(14)15)25-7-13-11-4-5-29-18(11)3-2-16(13)21/h2-3,6,8-10H,4-5,7,22H2,1H3,(H,24,28)(H,25,26). The Kier molecular flexibility index (Phi) is 4.94. The Hall–Kier alpha value is -3.75. The minimum absolute atomic E-state index is 0.234. The van der Waals surface area contributed by atoms with Crippen molar-refractivity contribution >= 4 is 28.5 Å². The van der Waals surface area contributed by atoms with Crippen LogP contribution < -0.4 is 21.5 Å². The normalized spacial score (nSPS) is 13.7. The summed E-state index contributed by atoms with van der Waals surface area (Å²) in [6.45, 7) is 0.780. The van der Waals surface area contributed by atoms with E-state index in [9.17, 15) is 9.18 Å². The average Bonchev–Trinajstić information content (AvgIpc) is 3.20. The van der Waals surface area contributed by atoms with Gasteiger partial charge in [0.15, 0.2) is 0 Å². The number of hydrazone groups is 1. The van der Waals surface area contributed by atoms with E-state index in [0.717, 1.165) is 5.56 Å². The molecule has 0 atom stereocenters. The van der Waals surface area contributed by atoms with E-state index in [1.165, 1.54) is 18.3 Å². The zero-order valence-electron chi connectivity index (χ0n) is 15.7. The number of aromatic amines is 1. The number of aromatic nitrogens is 2. The molecule has 3 aromatic rings. The molecule has 4 N–H and O–H groups in total. The first-order valence-electron chi connectivity index (χ1n) is 9.01. The SMILES string of the molecule is CN=C(C=NN)c1cnc(NCc2c(F)ccc3c2CCO3)c2c[nH]c(=O)cc12. The molecule has 9 heteroatoms. The highest BCUT2D eigenvalue weighted by Gasteiger charge is 2.20. The lowest BCUT2D eigenvalue weighted by Crippen LogP contribution is -2.12. The molecule has 8 nitrogen and oxygen atoms in total. The molecule has 0 bridgehead atoms. The Morgan fingerprint density at radius 3 is 3.10 bits per heavy atom. The number of halogens is 1. The predicted octanol–water partition coefficient (Wildman–Crippen LogP) is 1.97. The number of pyridine rings is 2. The second-order valence-corrected chi connectivity index (χ2v) is 6.49. The maximum absolute atomic E-state index is 14.4. The summed E-state index contributed by atoms with van der Waals surface area (Å²) in [5.74, 6) is 6.19. The third-order valence-electron chi connectivity index (χ3n) is 4.88. The van der Waals surface area contributed by atoms with Gasteiger partial charge in [-0.3, -0.25) is 9.79 Å². The van der Waals surface area contributed by atoms with Crippen LogP contribution in [0.15, 0.2) is 45.5 Å². The molecule has 3 heterocycles. The summed E-state index contributed by atoms with van der Waals surface area (Å²) in [4.78, 5) is 23.2. The summed E-state index contributed by atoms with van der Waals surface area (Å²) in [5.41, 5.74) is 2.26. The van der Waals surface area contributed by atoms with Crippen LogP contribution in [-0.2, 0) is 13.0 Å². The Labute approximate surface area is 165 Å². The third kappa shape index (κ3) is 3.42. The first kappa shape index (κ1) is 18.6. The van der Waals surface area contributed by atoms with Crippen molar-refractivity contribution in [2.45, 2.75) is 13.0 Å². The zero-order chi connectivity index (χ0) is 20.4. The van der Waals surface area contributed by atoms with Crippen LogP contribution in [0, 0.1) is 5.82 Å². The molecule has 1 aliphatic heterocycles. The largest absolute Gasteiger partial charge is 0.493 e. The van der Waals surface area contributed by atoms with E-state index in [4.69, 9.17) is 10.6 Å². The molecule has 0 radical (unpaired) electrons. The van der Waals surface area contributed by atoms with Crippen LogP contribution in [0.2, 0.25) is 0 Å². The second kappa shape index (κ2) is 7.70. The van der Waals surface area contributed by atoms with E-state index in [1.807, 2.05) is 0 Å². The number of hydrogen-bond donors (Lipinski definition) is 3. The highest BCUT2D eigenvalue weighted by Crippen LogP contribution is 2.31. The number of rotatable bonds is 5. The van der Waals surface area contributed by atoms with Crippen molar-refractivity contribution < 1.29 is 9.13 Å². The van der Waals surface area contributed by atoms with Gasteiger partial charge in [-0.15, -0.1) is 0 Å². The van der Waals surface area contributed by atoms with Crippen molar-refractivity contribution in [3.63, 3.8) is 0 Å². The zero-order valence-corrected chi connectivity index (χ0v) is 15.7. The monoisotopic (exact) mass is 394 g/mol. The van der Waals surface area contributed by atoms with Gasteiger partial charge in [-0.1, -0.05) is 0 Å². The average molecular weight is 394 g/mol. The van der Waals surface area contributed by atoms with Crippen LogP contribution in [0.5, 0.6) is 5.75 Å². The molecule has 0 fully saturated rings. The molecule has 0 amide bonds. The van der Waals surface area contributed by atoms with Crippen molar-refractivity contribution in [3.8, 4) is 5.75 Å². The summed E-state index contributed by atoms with van der Waals surface area (Å²) in [5, 5.41) is 8.00. The number of benzene rings is 1. The third-order valence-corrected chi connectivity index (χ3v) is 4.88. The van der Waals surface area contributed by atoms with Crippen molar-refractivity contribution in [1.29, 1.82) is 0 Å². The van der Waals surface area contributed by atoms with Gasteiger partial charge in [0.2, 0.25) is 5.56 Å². The van der Waals surface area contributed by atoms with E-state index in [1.54, 1.807) is 25.5 Å². The number of nitrogens with two attached hydrogens (primary N) is 1. The number of hydrogen-bond acceptors (Lipinski definition) is 7. The lowest BCUT2D eigenvalue weighted by Gasteiger charge is -2.14. The van der Waals surface area contributed by atoms with Crippen LogP contribution in [0.25, 0.3) is 10.8 Å². The summed E-state index contributed by atoms with van der Waals surface area (Å²) in [6, 6.07) is 4.52. The maximum Gasteiger partial charge on any atom is 0.248 e. The highest BCUT2D eigenvalue weighted by molar-refractivity contribution is 6.40. The highest BCUT2D eigenvalue weighted by atomic mass is 19.1. The molecule has 2 aromatic heterocycles. The summed E-state index contributed by atoms with van der Waals surface area (Å²) in [7, 11) is 1.60. The molecule has 0 saturated heterocycles. The van der Waals surface area contributed by atoms with Crippen molar-refractivity contribution in [1.82, 2.24) is 9.97 Å². The van der Waals surface area contributed by atoms with E-state index < -0.39 is 0 Å². The minimum Gasteiger partial charge on any atom is -0.493 e. The van der Waals surface area contributed by atoms with Gasteiger partial charge in [0.05, 0.1) is 18.5 Å². The van der Waals surface area contributed by atoms with Crippen LogP contribution in [0.1, 0.15) is 16.7 Å². The Bertz CT molecular complexity index is 1200. The van der Waals surface area contributed by atoms with Crippen molar-refractivity contribution in [2.24, 2.45) is 15.9 Å². The summed E-state index contributed by atoms with van der Waals surface area (Å²) in [6.07, 6.45) is 5.22. The van der Waals surface area contributed by atoms with Gasteiger partial charge in [0, 0.05) is 65.9 Å². The van der Waals surface area contributed by atoms with Gasteiger partial charge in [-0.05, 0) is 12.1 Å². The summed E-state index contributed by atoms with van der Waals surface area (Å²) >= 11 is 0. The first-order chi connectivity index (χ1) is 14.1. The number of fused-ring (bicyclic) bond motifs is 2. The number of aliphatic imine (C=N–C) groups is 1. The van der Waals surface area contributed by atoms with E-state index in [-0.39, 0.29) is 17.9 Å². The molecule has 4 rings (SSSR count). The number of anilines is 1. The van der Waals surface area contributed by atoms with Crippen LogP contribution >= 0.6 is 0 Å². The molecule has 0 unspecified atom stereocenters. The molecule has 1 aromatic carbocycles. The number of ether oxygens (including phenoxy) is 1. The van der Waals surface area contributed by atoms with Gasteiger partial charge in [-0.2, -0.15) is 5.10 Å². The molecule has 0 aliphatic carbocycles. The summed E-state index contributed by atoms with van der Waals surface area (Å²) < 4.78 is 19.9. The lowest BCUT2D eigenvalue weighted by molar-refractivity contribution is 0.356. The molecule has 1 aliphatic rings. The maximum atomic E-state index is 14.4. The molecule has 148 valence electrons. The van der Waals surface area contributed by atoms with Gasteiger partial charge in [-0.25, -0.2) is 9.37 Å². The van der Waals surface area contributed by atoms with Crippen LogP contribution in [-0.4, -0.2) is 35.5 Å². The fraction of sp³-hybridized carbons (Fsp3) is 0.200. The smallest absolute Gasteiger partial charge is 0.248 e. The van der Waals surface area contributed by atoms with E-state index >= 15 is 0 Å². The van der Waals surface area contributed by atoms with Gasteiger partial charge in [0.25, 0.3) is 0 Å². The first-order valence-corrected chi connectivity index (χ1v) is 9.01. The van der Waals surface area contributed by atoms with Crippen molar-refractivity contribution in [2.75, 3.05) is 19.0 Å². The Morgan fingerprint density at radius 1 is 1.45 bits per heavy atom. The molecule has 0 spiro atoms. The number of nitrogens with one attached hydrogen (secondary N) is 2. The molecule has 29 heavy (non-hydrogen) atoms. The van der Waals surface area contributed by atoms with Gasteiger partial charge in [0.1, 0.15) is 17.4 Å². The fourth-order valence-electron chi connectivity index (χ4n) is 3.50. The molecular weight excluding hydrogens is 375 g/mol. The quantitative estimate of drug-likeness (QED) is 0.347. The van der Waals surface area contributed by atoms with E-state index in [0.29, 0.717) is 52.2 Å². The van der Waals surface area contributed by atoms with E-state index in [2.05, 4.69) is 25.4 Å². The molecular formula is C20H19FN6O2. The predicted molar refractivity (Wildman–Crippen MR) is 110 cm³/mol. The molecule has 0 saturated carbocycles. The Balaban J connectivity index is 1.75. The second-order valence-electron chi connectivity index (χ2n) is 6.49. The van der Waals surface area contributed by atoms with Gasteiger partial charge < -0.3 is 20.9 Å². The Morgan fingerprint density at radius 2 is 2.31 bits per heavy atom. The fourth-order valence-corrected chi connectivity index (χ4v) is 3.50. The number of H-pyrrole nitrogens is 1. The van der Waals surface area contributed by atoms with Crippen molar-refractivity contribution in [3.05, 3.63) is 63.5 Å². The van der Waals surface area contributed by atoms with Gasteiger partial charge >= 0.3 is 0 Å².